The smallest absolute Gasteiger partial charge is 0.231 e. The van der Waals surface area contributed by atoms with Gasteiger partial charge in [-0.15, -0.1) is 0 Å². The van der Waals surface area contributed by atoms with Crippen molar-refractivity contribution in [2.45, 2.75) is 18.9 Å². The molecule has 0 radical (unpaired) electrons. The maximum absolute atomic E-state index is 12.0. The Bertz CT molecular complexity index is 704. The molecular formula is C15H20N2O5S. The summed E-state index contributed by atoms with van der Waals surface area (Å²) >= 11 is 0. The summed E-state index contributed by atoms with van der Waals surface area (Å²) in [5.74, 6) is 1.61. The van der Waals surface area contributed by atoms with Crippen molar-refractivity contribution in [2.75, 3.05) is 37.2 Å². The van der Waals surface area contributed by atoms with E-state index in [2.05, 4.69) is 5.32 Å². The molecule has 0 bridgehead atoms. The number of anilines is 1. The predicted molar refractivity (Wildman–Crippen MR) is 85.5 cm³/mol. The molecule has 0 aliphatic carbocycles. The molecule has 1 atom stereocenters. The second kappa shape index (κ2) is 6.37. The quantitative estimate of drug-likeness (QED) is 0.856. The van der Waals surface area contributed by atoms with E-state index in [4.69, 9.17) is 9.47 Å². The molecule has 2 heterocycles. The molecule has 8 heteroatoms. The van der Waals surface area contributed by atoms with E-state index in [1.165, 1.54) is 0 Å². The highest BCUT2D eigenvalue weighted by atomic mass is 32.2. The summed E-state index contributed by atoms with van der Waals surface area (Å²) in [6.45, 7) is 0.721. The number of amides is 1. The average molecular weight is 340 g/mol. The molecule has 1 N–H and O–H groups in total. The van der Waals surface area contributed by atoms with Gasteiger partial charge in [-0.05, 0) is 25.6 Å². The summed E-state index contributed by atoms with van der Waals surface area (Å²) in [5.41, 5.74) is 0.658. The van der Waals surface area contributed by atoms with E-state index in [-0.39, 0.29) is 30.2 Å². The van der Waals surface area contributed by atoms with Crippen LogP contribution in [0.25, 0.3) is 0 Å². The average Bonchev–Trinajstić information content (AvgIpc) is 3.10. The fourth-order valence-electron chi connectivity index (χ4n) is 2.78. The first-order chi connectivity index (χ1) is 10.9. The Morgan fingerprint density at radius 3 is 2.87 bits per heavy atom. The highest BCUT2D eigenvalue weighted by Gasteiger charge is 2.30. The summed E-state index contributed by atoms with van der Waals surface area (Å²) in [7, 11) is -1.04. The number of nitrogens with one attached hydrogen (secondary N) is 1. The Labute approximate surface area is 135 Å². The second-order valence-corrected chi connectivity index (χ2v) is 8.13. The van der Waals surface area contributed by atoms with Gasteiger partial charge in [0, 0.05) is 30.8 Å². The Kier molecular flexibility index (Phi) is 4.45. The fraction of sp³-hybridized carbons (Fsp3) is 0.533. The minimum Gasteiger partial charge on any atom is -0.454 e. The van der Waals surface area contributed by atoms with Crippen LogP contribution in [0.1, 0.15) is 12.8 Å². The van der Waals surface area contributed by atoms with Crippen molar-refractivity contribution in [1.82, 2.24) is 4.90 Å². The summed E-state index contributed by atoms with van der Waals surface area (Å²) < 4.78 is 33.5. The molecule has 2 aliphatic rings. The lowest BCUT2D eigenvalue weighted by molar-refractivity contribution is -0.116. The SMILES string of the molecule is CN(CCC(=O)Nc1ccc2c(c1)OCO2)C1CCS(=O)(=O)C1. The van der Waals surface area contributed by atoms with Gasteiger partial charge >= 0.3 is 0 Å². The number of ether oxygens (including phenoxy) is 2. The first-order valence-electron chi connectivity index (χ1n) is 7.53. The van der Waals surface area contributed by atoms with Crippen LogP contribution in [-0.4, -0.2) is 57.2 Å². The van der Waals surface area contributed by atoms with Crippen molar-refractivity contribution in [2.24, 2.45) is 0 Å². The van der Waals surface area contributed by atoms with Crippen LogP contribution >= 0.6 is 0 Å². The van der Waals surface area contributed by atoms with E-state index < -0.39 is 9.84 Å². The zero-order valence-corrected chi connectivity index (χ0v) is 13.8. The number of nitrogens with zero attached hydrogens (tertiary/aromatic N) is 1. The Hall–Kier alpha value is -1.80. The van der Waals surface area contributed by atoms with Crippen molar-refractivity contribution in [3.8, 4) is 11.5 Å². The minimum absolute atomic E-state index is 0.0124. The highest BCUT2D eigenvalue weighted by molar-refractivity contribution is 7.91. The molecule has 23 heavy (non-hydrogen) atoms. The molecular weight excluding hydrogens is 320 g/mol. The largest absolute Gasteiger partial charge is 0.454 e. The molecule has 1 aromatic rings. The molecule has 1 fully saturated rings. The molecule has 0 spiro atoms. The number of sulfone groups is 1. The summed E-state index contributed by atoms with van der Waals surface area (Å²) in [4.78, 5) is 14.0. The third kappa shape index (κ3) is 3.94. The van der Waals surface area contributed by atoms with Gasteiger partial charge in [-0.2, -0.15) is 0 Å². The van der Waals surface area contributed by atoms with E-state index in [0.717, 1.165) is 0 Å². The summed E-state index contributed by atoms with van der Waals surface area (Å²) in [6.07, 6.45) is 0.949. The van der Waals surface area contributed by atoms with Crippen LogP contribution in [0.15, 0.2) is 18.2 Å². The second-order valence-electron chi connectivity index (χ2n) is 5.90. The van der Waals surface area contributed by atoms with Crippen LogP contribution in [0.4, 0.5) is 5.69 Å². The minimum atomic E-state index is -2.90. The molecule has 3 rings (SSSR count). The molecule has 1 amide bonds. The zero-order chi connectivity index (χ0) is 16.4. The van der Waals surface area contributed by atoms with E-state index in [1.54, 1.807) is 18.2 Å². The maximum atomic E-state index is 12.0. The normalized spacial score (nSPS) is 21.6. The number of fused-ring (bicyclic) bond motifs is 1. The monoisotopic (exact) mass is 340 g/mol. The van der Waals surface area contributed by atoms with E-state index in [9.17, 15) is 13.2 Å². The van der Waals surface area contributed by atoms with Crippen molar-refractivity contribution >= 4 is 21.4 Å². The summed E-state index contributed by atoms with van der Waals surface area (Å²) in [5, 5.41) is 2.81. The topological polar surface area (TPSA) is 84.9 Å². The zero-order valence-electron chi connectivity index (χ0n) is 12.9. The van der Waals surface area contributed by atoms with Crippen LogP contribution in [0, 0.1) is 0 Å². The molecule has 1 unspecified atom stereocenters. The van der Waals surface area contributed by atoms with Gasteiger partial charge in [0.1, 0.15) is 0 Å². The molecule has 0 saturated carbocycles. The Morgan fingerprint density at radius 1 is 1.35 bits per heavy atom. The molecule has 126 valence electrons. The van der Waals surface area contributed by atoms with Gasteiger partial charge in [-0.3, -0.25) is 4.79 Å². The van der Waals surface area contributed by atoms with Crippen molar-refractivity contribution in [1.29, 1.82) is 0 Å². The van der Waals surface area contributed by atoms with E-state index in [0.29, 0.717) is 36.6 Å². The van der Waals surface area contributed by atoms with Gasteiger partial charge < -0.3 is 19.7 Å². The lowest BCUT2D eigenvalue weighted by Crippen LogP contribution is -2.35. The highest BCUT2D eigenvalue weighted by Crippen LogP contribution is 2.34. The standard InChI is InChI=1S/C15H20N2O5S/c1-17(12-5-7-23(19,20)9-12)6-4-15(18)16-11-2-3-13-14(8-11)22-10-21-13/h2-3,8,12H,4-7,9-10H2,1H3,(H,16,18). The van der Waals surface area contributed by atoms with Crippen LogP contribution in [-0.2, 0) is 14.6 Å². The van der Waals surface area contributed by atoms with Gasteiger partial charge in [-0.25, -0.2) is 8.42 Å². The van der Waals surface area contributed by atoms with Gasteiger partial charge in [0.05, 0.1) is 11.5 Å². The number of rotatable bonds is 5. The van der Waals surface area contributed by atoms with E-state index >= 15 is 0 Å². The van der Waals surface area contributed by atoms with Crippen molar-refractivity contribution < 1.29 is 22.7 Å². The number of hydrogen-bond donors (Lipinski definition) is 1. The van der Waals surface area contributed by atoms with Crippen molar-refractivity contribution in [3.63, 3.8) is 0 Å². The van der Waals surface area contributed by atoms with Gasteiger partial charge in [0.25, 0.3) is 0 Å². The fourth-order valence-corrected chi connectivity index (χ4v) is 4.59. The van der Waals surface area contributed by atoms with Crippen LogP contribution < -0.4 is 14.8 Å². The lowest BCUT2D eigenvalue weighted by atomic mass is 10.2. The van der Waals surface area contributed by atoms with E-state index in [1.807, 2.05) is 11.9 Å². The first kappa shape index (κ1) is 16.1. The molecule has 7 nitrogen and oxygen atoms in total. The van der Waals surface area contributed by atoms with Crippen LogP contribution in [0.2, 0.25) is 0 Å². The predicted octanol–water partition coefficient (Wildman–Crippen LogP) is 0.863. The molecule has 2 aliphatic heterocycles. The molecule has 1 aromatic carbocycles. The van der Waals surface area contributed by atoms with Gasteiger partial charge in [-0.1, -0.05) is 0 Å². The maximum Gasteiger partial charge on any atom is 0.231 e. The van der Waals surface area contributed by atoms with Crippen LogP contribution in [0.3, 0.4) is 0 Å². The number of carbonyl (C=O) groups excluding carboxylic acids is 1. The summed E-state index contributed by atoms with van der Waals surface area (Å²) in [6, 6.07) is 5.26. The molecule has 1 saturated heterocycles. The van der Waals surface area contributed by atoms with Crippen molar-refractivity contribution in [3.05, 3.63) is 18.2 Å². The number of hydrogen-bond acceptors (Lipinski definition) is 6. The number of benzene rings is 1. The molecule has 0 aromatic heterocycles. The van der Waals surface area contributed by atoms with Gasteiger partial charge in [0.15, 0.2) is 21.3 Å². The Balaban J connectivity index is 1.48. The van der Waals surface area contributed by atoms with Crippen LogP contribution in [0.5, 0.6) is 11.5 Å². The Morgan fingerprint density at radius 2 is 2.13 bits per heavy atom. The third-order valence-corrected chi connectivity index (χ3v) is 5.93. The first-order valence-corrected chi connectivity index (χ1v) is 9.35. The third-order valence-electron chi connectivity index (χ3n) is 4.18. The number of carbonyl (C=O) groups is 1. The van der Waals surface area contributed by atoms with Gasteiger partial charge in [0.2, 0.25) is 12.7 Å². The lowest BCUT2D eigenvalue weighted by Gasteiger charge is -2.22.